The summed E-state index contributed by atoms with van der Waals surface area (Å²) in [5.74, 6) is 0.789. The number of nitrogens with zero attached hydrogens (tertiary/aromatic N) is 1. The van der Waals surface area contributed by atoms with Gasteiger partial charge >= 0.3 is 6.09 Å². The van der Waals surface area contributed by atoms with Gasteiger partial charge in [-0.15, -0.1) is 0 Å². The Kier molecular flexibility index (Phi) is 5.53. The fourth-order valence-corrected chi connectivity index (χ4v) is 3.66. The van der Waals surface area contributed by atoms with Crippen molar-refractivity contribution in [1.82, 2.24) is 4.90 Å². The number of carbonyl (C=O) groups is 1. The van der Waals surface area contributed by atoms with E-state index < -0.39 is 5.60 Å². The van der Waals surface area contributed by atoms with E-state index in [4.69, 9.17) is 4.74 Å². The molecule has 0 bridgehead atoms. The Morgan fingerprint density at radius 3 is 2.29 bits per heavy atom. The number of aliphatic hydroxyl groups excluding tert-OH is 1. The third-order valence-electron chi connectivity index (χ3n) is 4.78. The maximum absolute atomic E-state index is 12.2. The van der Waals surface area contributed by atoms with Crippen LogP contribution in [0.4, 0.5) is 4.79 Å². The molecule has 1 saturated heterocycles. The van der Waals surface area contributed by atoms with Gasteiger partial charge in [0, 0.05) is 19.0 Å². The topological polar surface area (TPSA) is 49.8 Å². The molecule has 0 aromatic heterocycles. The standard InChI is InChI=1S/C17H31NO3/c1-17(2,3)21-16(20)18-11-10-15(19)14(12-18)13-8-6-4-5-7-9-13/h13-15,19H,4-12H2,1-3H3. The van der Waals surface area contributed by atoms with E-state index in [-0.39, 0.29) is 18.1 Å². The molecule has 0 radical (unpaired) electrons. The summed E-state index contributed by atoms with van der Waals surface area (Å²) in [7, 11) is 0. The molecule has 2 aliphatic rings. The number of hydrogen-bond acceptors (Lipinski definition) is 3. The molecule has 2 atom stereocenters. The van der Waals surface area contributed by atoms with Crippen molar-refractivity contribution in [2.45, 2.75) is 77.4 Å². The van der Waals surface area contributed by atoms with Gasteiger partial charge in [-0.1, -0.05) is 38.5 Å². The van der Waals surface area contributed by atoms with Crippen LogP contribution < -0.4 is 0 Å². The van der Waals surface area contributed by atoms with Crippen LogP contribution in [0.25, 0.3) is 0 Å². The Morgan fingerprint density at radius 2 is 1.71 bits per heavy atom. The van der Waals surface area contributed by atoms with Crippen LogP contribution in [0.15, 0.2) is 0 Å². The number of ether oxygens (including phenoxy) is 1. The van der Waals surface area contributed by atoms with Gasteiger partial charge in [0.15, 0.2) is 0 Å². The first-order valence-corrected chi connectivity index (χ1v) is 8.53. The predicted molar refractivity (Wildman–Crippen MR) is 83.1 cm³/mol. The van der Waals surface area contributed by atoms with Gasteiger partial charge in [-0.3, -0.25) is 0 Å². The molecule has 1 N–H and O–H groups in total. The van der Waals surface area contributed by atoms with Crippen molar-refractivity contribution in [3.05, 3.63) is 0 Å². The summed E-state index contributed by atoms with van der Waals surface area (Å²) in [4.78, 5) is 14.0. The summed E-state index contributed by atoms with van der Waals surface area (Å²) < 4.78 is 5.48. The number of aliphatic hydroxyl groups is 1. The Labute approximate surface area is 128 Å². The maximum atomic E-state index is 12.2. The van der Waals surface area contributed by atoms with E-state index in [0.29, 0.717) is 25.4 Å². The molecule has 4 heteroatoms. The van der Waals surface area contributed by atoms with Crippen LogP contribution in [0.1, 0.15) is 65.7 Å². The highest BCUT2D eigenvalue weighted by Gasteiger charge is 2.36. The van der Waals surface area contributed by atoms with Gasteiger partial charge in [0.2, 0.25) is 0 Å². The molecule has 2 rings (SSSR count). The quantitative estimate of drug-likeness (QED) is 0.753. The zero-order chi connectivity index (χ0) is 15.5. The second-order valence-electron chi connectivity index (χ2n) is 7.70. The highest BCUT2D eigenvalue weighted by atomic mass is 16.6. The van der Waals surface area contributed by atoms with Gasteiger partial charge in [-0.25, -0.2) is 4.79 Å². The number of likely N-dealkylation sites (tertiary alicyclic amines) is 1. The van der Waals surface area contributed by atoms with E-state index in [1.807, 2.05) is 20.8 Å². The van der Waals surface area contributed by atoms with Crippen LogP contribution in [0.2, 0.25) is 0 Å². The summed E-state index contributed by atoms with van der Waals surface area (Å²) in [6.45, 7) is 6.95. The van der Waals surface area contributed by atoms with Crippen molar-refractivity contribution < 1.29 is 14.6 Å². The first-order chi connectivity index (χ1) is 9.87. The van der Waals surface area contributed by atoms with Crippen LogP contribution in [-0.2, 0) is 4.74 Å². The van der Waals surface area contributed by atoms with E-state index in [0.717, 1.165) is 0 Å². The maximum Gasteiger partial charge on any atom is 0.410 e. The molecule has 0 aromatic rings. The number of amides is 1. The van der Waals surface area contributed by atoms with E-state index in [1.54, 1.807) is 4.90 Å². The molecule has 4 nitrogen and oxygen atoms in total. The molecule has 0 aromatic carbocycles. The van der Waals surface area contributed by atoms with Crippen molar-refractivity contribution in [2.75, 3.05) is 13.1 Å². The normalized spacial score (nSPS) is 29.0. The van der Waals surface area contributed by atoms with Gasteiger partial charge in [0.05, 0.1) is 6.10 Å². The molecule has 21 heavy (non-hydrogen) atoms. The molecule has 1 aliphatic carbocycles. The third-order valence-corrected chi connectivity index (χ3v) is 4.78. The van der Waals surface area contributed by atoms with Crippen molar-refractivity contribution in [3.63, 3.8) is 0 Å². The number of rotatable bonds is 1. The fraction of sp³-hybridized carbons (Fsp3) is 0.941. The lowest BCUT2D eigenvalue weighted by Crippen LogP contribution is -2.49. The van der Waals surface area contributed by atoms with E-state index in [2.05, 4.69) is 0 Å². The number of piperidine rings is 1. The third kappa shape index (κ3) is 4.87. The minimum Gasteiger partial charge on any atom is -0.444 e. The molecular formula is C17H31NO3. The lowest BCUT2D eigenvalue weighted by atomic mass is 9.79. The summed E-state index contributed by atoms with van der Waals surface area (Å²) in [6, 6.07) is 0. The lowest BCUT2D eigenvalue weighted by molar-refractivity contribution is -0.0241. The molecule has 1 amide bonds. The summed E-state index contributed by atoms with van der Waals surface area (Å²) in [6.07, 6.45) is 7.75. The second-order valence-corrected chi connectivity index (χ2v) is 7.70. The van der Waals surface area contributed by atoms with Gasteiger partial charge in [-0.05, 0) is 33.1 Å². The van der Waals surface area contributed by atoms with Gasteiger partial charge in [0.1, 0.15) is 5.60 Å². The Bertz CT molecular complexity index is 342. The average Bonchev–Trinajstić information content (AvgIpc) is 2.66. The monoisotopic (exact) mass is 297 g/mol. The average molecular weight is 297 g/mol. The summed E-state index contributed by atoms with van der Waals surface area (Å²) >= 11 is 0. The Morgan fingerprint density at radius 1 is 1.10 bits per heavy atom. The smallest absolute Gasteiger partial charge is 0.410 e. The SMILES string of the molecule is CC(C)(C)OC(=O)N1CCC(O)C(C2CCCCCC2)C1. The fourth-order valence-electron chi connectivity index (χ4n) is 3.66. The summed E-state index contributed by atoms with van der Waals surface area (Å²) in [5.41, 5.74) is -0.453. The number of carbonyl (C=O) groups excluding carboxylic acids is 1. The van der Waals surface area contributed by atoms with E-state index >= 15 is 0 Å². The van der Waals surface area contributed by atoms with Gasteiger partial charge < -0.3 is 14.7 Å². The lowest BCUT2D eigenvalue weighted by Gasteiger charge is -2.40. The van der Waals surface area contributed by atoms with Crippen LogP contribution in [0, 0.1) is 11.8 Å². The first-order valence-electron chi connectivity index (χ1n) is 8.53. The van der Waals surface area contributed by atoms with Crippen molar-refractivity contribution in [2.24, 2.45) is 11.8 Å². The van der Waals surface area contributed by atoms with Gasteiger partial charge in [0.25, 0.3) is 0 Å². The van der Waals surface area contributed by atoms with Gasteiger partial charge in [-0.2, -0.15) is 0 Å². The molecule has 1 aliphatic heterocycles. The predicted octanol–water partition coefficient (Wildman–Crippen LogP) is 3.57. The summed E-state index contributed by atoms with van der Waals surface area (Å²) in [5, 5.41) is 10.4. The minimum absolute atomic E-state index is 0.226. The van der Waals surface area contributed by atoms with Crippen molar-refractivity contribution >= 4 is 6.09 Å². The highest BCUT2D eigenvalue weighted by Crippen LogP contribution is 2.34. The molecule has 2 unspecified atom stereocenters. The minimum atomic E-state index is -0.453. The van der Waals surface area contributed by atoms with E-state index in [9.17, 15) is 9.90 Å². The molecule has 2 fully saturated rings. The molecule has 1 saturated carbocycles. The zero-order valence-electron chi connectivity index (χ0n) is 13.8. The van der Waals surface area contributed by atoms with Crippen LogP contribution in [0.3, 0.4) is 0 Å². The molecule has 1 heterocycles. The van der Waals surface area contributed by atoms with Crippen molar-refractivity contribution in [1.29, 1.82) is 0 Å². The Hall–Kier alpha value is -0.770. The Balaban J connectivity index is 1.96. The number of hydrogen-bond donors (Lipinski definition) is 1. The zero-order valence-corrected chi connectivity index (χ0v) is 13.8. The first kappa shape index (κ1) is 16.6. The largest absolute Gasteiger partial charge is 0.444 e. The highest BCUT2D eigenvalue weighted by molar-refractivity contribution is 5.68. The second kappa shape index (κ2) is 6.99. The van der Waals surface area contributed by atoms with Crippen LogP contribution in [0.5, 0.6) is 0 Å². The van der Waals surface area contributed by atoms with Crippen molar-refractivity contribution in [3.8, 4) is 0 Å². The van der Waals surface area contributed by atoms with Crippen LogP contribution in [-0.4, -0.2) is 40.9 Å². The van der Waals surface area contributed by atoms with Crippen LogP contribution >= 0.6 is 0 Å². The molecule has 0 spiro atoms. The molecule has 122 valence electrons. The van der Waals surface area contributed by atoms with E-state index in [1.165, 1.54) is 38.5 Å². The molecular weight excluding hydrogens is 266 g/mol.